The van der Waals surface area contributed by atoms with Gasteiger partial charge in [-0.15, -0.1) is 0 Å². The second-order valence-electron chi connectivity index (χ2n) is 4.64. The summed E-state index contributed by atoms with van der Waals surface area (Å²) < 4.78 is 10.4. The highest BCUT2D eigenvalue weighted by Gasteiger charge is 2.12. The third kappa shape index (κ3) is 3.48. The summed E-state index contributed by atoms with van der Waals surface area (Å²) in [7, 11) is 1.39. The van der Waals surface area contributed by atoms with Gasteiger partial charge in [-0.1, -0.05) is 13.8 Å². The lowest BCUT2D eigenvalue weighted by molar-refractivity contribution is 0.0600. The van der Waals surface area contributed by atoms with Gasteiger partial charge in [0, 0.05) is 0 Å². The Morgan fingerprint density at radius 2 is 1.76 bits per heavy atom. The zero-order chi connectivity index (χ0) is 13.0. The number of rotatable bonds is 4. The minimum atomic E-state index is -0.313. The first-order chi connectivity index (χ1) is 7.95. The molecule has 0 bridgehead atoms. The van der Waals surface area contributed by atoms with Gasteiger partial charge in [0.15, 0.2) is 0 Å². The van der Waals surface area contributed by atoms with Crippen LogP contribution in [0, 0.1) is 19.8 Å². The lowest BCUT2D eigenvalue weighted by atomic mass is 10.1. The van der Waals surface area contributed by atoms with E-state index in [0.717, 1.165) is 16.9 Å². The highest BCUT2D eigenvalue weighted by Crippen LogP contribution is 2.25. The standard InChI is InChI=1S/C14H20O3/c1-9(2)8-17-13-10(3)6-12(7-11(13)4)14(15)16-5/h6-7,9H,8H2,1-5H3. The molecule has 0 amide bonds. The van der Waals surface area contributed by atoms with Crippen molar-refractivity contribution in [2.75, 3.05) is 13.7 Å². The second kappa shape index (κ2) is 5.71. The molecular formula is C14H20O3. The Morgan fingerprint density at radius 3 is 2.18 bits per heavy atom. The molecule has 1 aromatic rings. The number of hydrogen-bond donors (Lipinski definition) is 0. The fourth-order valence-corrected chi connectivity index (χ4v) is 1.66. The molecule has 1 rings (SSSR count). The third-order valence-corrected chi connectivity index (χ3v) is 2.44. The first kappa shape index (κ1) is 13.6. The predicted molar refractivity (Wildman–Crippen MR) is 67.6 cm³/mol. The molecule has 0 N–H and O–H groups in total. The van der Waals surface area contributed by atoms with Crippen molar-refractivity contribution in [2.45, 2.75) is 27.7 Å². The van der Waals surface area contributed by atoms with Crippen LogP contribution < -0.4 is 4.74 Å². The molecule has 0 atom stereocenters. The van der Waals surface area contributed by atoms with E-state index >= 15 is 0 Å². The average molecular weight is 236 g/mol. The van der Waals surface area contributed by atoms with E-state index in [9.17, 15) is 4.79 Å². The number of esters is 1. The SMILES string of the molecule is COC(=O)c1cc(C)c(OCC(C)C)c(C)c1. The Kier molecular flexibility index (Phi) is 4.55. The molecule has 0 aliphatic carbocycles. The van der Waals surface area contributed by atoms with Crippen molar-refractivity contribution >= 4 is 5.97 Å². The second-order valence-corrected chi connectivity index (χ2v) is 4.64. The van der Waals surface area contributed by atoms with E-state index in [1.807, 2.05) is 13.8 Å². The van der Waals surface area contributed by atoms with Crippen molar-refractivity contribution in [3.8, 4) is 5.75 Å². The Balaban J connectivity index is 2.98. The summed E-state index contributed by atoms with van der Waals surface area (Å²) >= 11 is 0. The summed E-state index contributed by atoms with van der Waals surface area (Å²) in [6.45, 7) is 8.77. The van der Waals surface area contributed by atoms with E-state index in [4.69, 9.17) is 9.47 Å². The minimum Gasteiger partial charge on any atom is -0.493 e. The van der Waals surface area contributed by atoms with Crippen LogP contribution in [0.5, 0.6) is 5.75 Å². The summed E-state index contributed by atoms with van der Waals surface area (Å²) in [5.41, 5.74) is 2.50. The van der Waals surface area contributed by atoms with Crippen molar-refractivity contribution < 1.29 is 14.3 Å². The molecule has 0 saturated carbocycles. The van der Waals surface area contributed by atoms with Crippen LogP contribution in [0.2, 0.25) is 0 Å². The van der Waals surface area contributed by atoms with E-state index in [0.29, 0.717) is 18.1 Å². The van der Waals surface area contributed by atoms with Crippen LogP contribution in [-0.4, -0.2) is 19.7 Å². The quantitative estimate of drug-likeness (QED) is 0.753. The molecule has 1 aromatic carbocycles. The minimum absolute atomic E-state index is 0.313. The molecule has 0 spiro atoms. The lowest BCUT2D eigenvalue weighted by Gasteiger charge is -2.14. The highest BCUT2D eigenvalue weighted by molar-refractivity contribution is 5.90. The molecule has 0 unspecified atom stereocenters. The van der Waals surface area contributed by atoms with E-state index in [-0.39, 0.29) is 5.97 Å². The van der Waals surface area contributed by atoms with Gasteiger partial charge in [0.2, 0.25) is 0 Å². The van der Waals surface area contributed by atoms with Crippen LogP contribution >= 0.6 is 0 Å². The number of hydrogen-bond acceptors (Lipinski definition) is 3. The first-order valence-electron chi connectivity index (χ1n) is 5.78. The van der Waals surface area contributed by atoms with Crippen molar-refractivity contribution in [1.29, 1.82) is 0 Å². The molecule has 0 radical (unpaired) electrons. The summed E-state index contributed by atoms with van der Waals surface area (Å²) in [6, 6.07) is 3.60. The summed E-state index contributed by atoms with van der Waals surface area (Å²) in [5.74, 6) is 1.03. The van der Waals surface area contributed by atoms with Crippen molar-refractivity contribution in [2.24, 2.45) is 5.92 Å². The predicted octanol–water partition coefficient (Wildman–Crippen LogP) is 3.12. The number of methoxy groups -OCH3 is 1. The van der Waals surface area contributed by atoms with Crippen LogP contribution in [0.3, 0.4) is 0 Å². The number of carbonyl (C=O) groups is 1. The number of aryl methyl sites for hydroxylation is 2. The maximum Gasteiger partial charge on any atom is 0.337 e. The molecule has 0 aliphatic rings. The molecule has 0 fully saturated rings. The molecule has 17 heavy (non-hydrogen) atoms. The van der Waals surface area contributed by atoms with Crippen LogP contribution in [0.15, 0.2) is 12.1 Å². The molecule has 0 aliphatic heterocycles. The van der Waals surface area contributed by atoms with Gasteiger partial charge >= 0.3 is 5.97 Å². The van der Waals surface area contributed by atoms with Gasteiger partial charge in [0.1, 0.15) is 5.75 Å². The number of ether oxygens (including phenoxy) is 2. The summed E-state index contributed by atoms with van der Waals surface area (Å²) in [4.78, 5) is 11.4. The van der Waals surface area contributed by atoms with Gasteiger partial charge in [0.25, 0.3) is 0 Å². The normalized spacial score (nSPS) is 10.5. The van der Waals surface area contributed by atoms with Crippen molar-refractivity contribution in [1.82, 2.24) is 0 Å². The monoisotopic (exact) mass is 236 g/mol. The Hall–Kier alpha value is -1.51. The number of carbonyl (C=O) groups excluding carboxylic acids is 1. The fraction of sp³-hybridized carbons (Fsp3) is 0.500. The van der Waals surface area contributed by atoms with Crippen LogP contribution in [0.4, 0.5) is 0 Å². The van der Waals surface area contributed by atoms with Gasteiger partial charge in [0.05, 0.1) is 19.3 Å². The zero-order valence-corrected chi connectivity index (χ0v) is 11.2. The molecule has 94 valence electrons. The summed E-state index contributed by atoms with van der Waals surface area (Å²) in [5, 5.41) is 0. The smallest absolute Gasteiger partial charge is 0.337 e. The van der Waals surface area contributed by atoms with Crippen molar-refractivity contribution in [3.05, 3.63) is 28.8 Å². The van der Waals surface area contributed by atoms with Crippen molar-refractivity contribution in [3.63, 3.8) is 0 Å². The Bertz CT molecular complexity index is 385. The average Bonchev–Trinajstić information content (AvgIpc) is 2.26. The molecule has 0 aromatic heterocycles. The van der Waals surface area contributed by atoms with Crippen LogP contribution in [0.1, 0.15) is 35.3 Å². The topological polar surface area (TPSA) is 35.5 Å². The van der Waals surface area contributed by atoms with Gasteiger partial charge < -0.3 is 9.47 Å². The Labute approximate surface area is 103 Å². The lowest BCUT2D eigenvalue weighted by Crippen LogP contribution is -2.08. The molecule has 0 heterocycles. The van der Waals surface area contributed by atoms with Gasteiger partial charge in [-0.25, -0.2) is 4.79 Å². The van der Waals surface area contributed by atoms with Gasteiger partial charge in [-0.2, -0.15) is 0 Å². The van der Waals surface area contributed by atoms with E-state index in [1.54, 1.807) is 12.1 Å². The van der Waals surface area contributed by atoms with Crippen LogP contribution in [0.25, 0.3) is 0 Å². The molecular weight excluding hydrogens is 216 g/mol. The number of benzene rings is 1. The molecule has 3 heteroatoms. The van der Waals surface area contributed by atoms with Crippen LogP contribution in [-0.2, 0) is 4.74 Å². The highest BCUT2D eigenvalue weighted by atomic mass is 16.5. The van der Waals surface area contributed by atoms with E-state index in [1.165, 1.54) is 7.11 Å². The summed E-state index contributed by atoms with van der Waals surface area (Å²) in [6.07, 6.45) is 0. The maximum absolute atomic E-state index is 11.4. The molecule has 0 saturated heterocycles. The first-order valence-corrected chi connectivity index (χ1v) is 5.78. The van der Waals surface area contributed by atoms with Gasteiger partial charge in [-0.05, 0) is 43.0 Å². The van der Waals surface area contributed by atoms with Gasteiger partial charge in [-0.3, -0.25) is 0 Å². The van der Waals surface area contributed by atoms with E-state index < -0.39 is 0 Å². The third-order valence-electron chi connectivity index (χ3n) is 2.44. The fourth-order valence-electron chi connectivity index (χ4n) is 1.66. The Morgan fingerprint density at radius 1 is 1.24 bits per heavy atom. The molecule has 3 nitrogen and oxygen atoms in total. The zero-order valence-electron chi connectivity index (χ0n) is 11.2. The maximum atomic E-state index is 11.4. The van der Waals surface area contributed by atoms with E-state index in [2.05, 4.69) is 13.8 Å². The largest absolute Gasteiger partial charge is 0.493 e.